The molecule has 10 heavy (non-hydrogen) atoms. The highest BCUT2D eigenvalue weighted by molar-refractivity contribution is 5.19. The van der Waals surface area contributed by atoms with E-state index < -0.39 is 0 Å². The number of rotatable bonds is 2. The van der Waals surface area contributed by atoms with Crippen LogP contribution in [0, 0.1) is 0 Å². The van der Waals surface area contributed by atoms with Crippen LogP contribution in [0.15, 0.2) is 24.8 Å². The fraction of sp³-hybridized carbons (Fsp3) is 0.375. The minimum atomic E-state index is 1.09. The molecule has 0 spiro atoms. The van der Waals surface area contributed by atoms with Crippen molar-refractivity contribution in [3.05, 3.63) is 24.8 Å². The van der Waals surface area contributed by atoms with Crippen molar-refractivity contribution in [3.63, 3.8) is 0 Å². The Morgan fingerprint density at radius 1 is 1.60 bits per heavy atom. The van der Waals surface area contributed by atoms with Crippen LogP contribution in [0.2, 0.25) is 0 Å². The van der Waals surface area contributed by atoms with E-state index in [4.69, 9.17) is 0 Å². The molecule has 0 saturated heterocycles. The summed E-state index contributed by atoms with van der Waals surface area (Å²) < 4.78 is 4.05. The van der Waals surface area contributed by atoms with Gasteiger partial charge >= 0.3 is 0 Å². The molecule has 2 heteroatoms. The first-order chi connectivity index (χ1) is 4.83. The minimum absolute atomic E-state index is 1.09. The van der Waals surface area contributed by atoms with Crippen molar-refractivity contribution in [2.75, 3.05) is 0 Å². The Bertz CT molecular complexity index is 223. The molecule has 2 nitrogen and oxygen atoms in total. The van der Waals surface area contributed by atoms with Gasteiger partial charge in [-0.15, -0.1) is 0 Å². The molecule has 0 unspecified atom stereocenters. The third kappa shape index (κ3) is 1.72. The zero-order chi connectivity index (χ0) is 7.40. The molecule has 1 aromatic rings. The predicted molar refractivity (Wildman–Crippen MR) is 41.2 cm³/mol. The zero-order valence-electron chi connectivity index (χ0n) is 6.49. The summed E-state index contributed by atoms with van der Waals surface area (Å²) in [6.07, 6.45) is 11.3. The summed E-state index contributed by atoms with van der Waals surface area (Å²) in [4.78, 5) is 0. The van der Waals surface area contributed by atoms with Crippen LogP contribution in [0.1, 0.15) is 13.3 Å². The summed E-state index contributed by atoms with van der Waals surface area (Å²) >= 11 is 0. The molecule has 0 amide bonds. The van der Waals surface area contributed by atoms with E-state index in [0.717, 1.165) is 6.42 Å². The minimum Gasteiger partial charge on any atom is -0.239 e. The first-order valence-corrected chi connectivity index (χ1v) is 3.52. The molecule has 1 heterocycles. The summed E-state index contributed by atoms with van der Waals surface area (Å²) in [6, 6.07) is 0. The van der Waals surface area contributed by atoms with E-state index >= 15 is 0 Å². The summed E-state index contributed by atoms with van der Waals surface area (Å²) in [5.74, 6) is 0. The fourth-order valence-corrected chi connectivity index (χ4v) is 0.785. The molecule has 0 radical (unpaired) electrons. The Labute approximate surface area is 61.4 Å². The molecule has 0 fully saturated rings. The van der Waals surface area contributed by atoms with Crippen LogP contribution in [0.3, 0.4) is 0 Å². The van der Waals surface area contributed by atoms with Crippen LogP contribution in [0.4, 0.5) is 0 Å². The van der Waals surface area contributed by atoms with Gasteiger partial charge in [0, 0.05) is 0 Å². The van der Waals surface area contributed by atoms with Gasteiger partial charge in [0.1, 0.15) is 12.4 Å². The van der Waals surface area contributed by atoms with Gasteiger partial charge in [0.15, 0.2) is 0 Å². The highest BCUT2D eigenvalue weighted by Crippen LogP contribution is 1.86. The van der Waals surface area contributed by atoms with E-state index in [0.29, 0.717) is 0 Å². The summed E-state index contributed by atoms with van der Waals surface area (Å²) in [5.41, 5.74) is 0. The Morgan fingerprint density at radius 2 is 2.40 bits per heavy atom. The summed E-state index contributed by atoms with van der Waals surface area (Å²) in [6.45, 7) is 2.12. The van der Waals surface area contributed by atoms with Gasteiger partial charge < -0.3 is 0 Å². The van der Waals surface area contributed by atoms with Gasteiger partial charge in [0.05, 0.1) is 13.2 Å². The number of hydrogen-bond acceptors (Lipinski definition) is 0. The van der Waals surface area contributed by atoms with E-state index in [1.165, 1.54) is 0 Å². The maximum Gasteiger partial charge on any atom is 0.248 e. The van der Waals surface area contributed by atoms with Crippen LogP contribution >= 0.6 is 0 Å². The Balaban J connectivity index is 2.67. The smallest absolute Gasteiger partial charge is 0.239 e. The van der Waals surface area contributed by atoms with Gasteiger partial charge in [-0.1, -0.05) is 6.92 Å². The lowest BCUT2D eigenvalue weighted by molar-refractivity contribution is -0.670. The molecule has 0 aliphatic carbocycles. The second-order valence-electron chi connectivity index (χ2n) is 2.32. The normalized spacial score (nSPS) is 11.0. The molecular formula is C8H13N2+. The van der Waals surface area contributed by atoms with E-state index in [9.17, 15) is 0 Å². The molecule has 1 rings (SSSR count). The van der Waals surface area contributed by atoms with Crippen LogP contribution < -0.4 is 4.57 Å². The monoisotopic (exact) mass is 137 g/mol. The van der Waals surface area contributed by atoms with Gasteiger partial charge in [-0.3, -0.25) is 0 Å². The van der Waals surface area contributed by atoms with Crippen molar-refractivity contribution in [3.8, 4) is 0 Å². The standard InChI is InChI=1S/C8H13N2/c1-3-4-5-10-7-6-9(2)8-10/h4-8H,3H2,1-2H3/q+1/b5-4+. The maximum atomic E-state index is 2.12. The van der Waals surface area contributed by atoms with Crippen LogP contribution in [-0.4, -0.2) is 4.57 Å². The second-order valence-corrected chi connectivity index (χ2v) is 2.32. The Kier molecular flexibility index (Phi) is 2.26. The lowest BCUT2D eigenvalue weighted by Crippen LogP contribution is -2.23. The van der Waals surface area contributed by atoms with Crippen LogP contribution in [0.25, 0.3) is 6.20 Å². The molecule has 0 saturated carbocycles. The number of imidazole rings is 1. The molecule has 0 aromatic carbocycles. The molecule has 0 aliphatic heterocycles. The van der Waals surface area contributed by atoms with Crippen molar-refractivity contribution in [2.45, 2.75) is 13.3 Å². The molecule has 0 N–H and O–H groups in total. The summed E-state index contributed by atoms with van der Waals surface area (Å²) in [5, 5.41) is 0. The highest BCUT2D eigenvalue weighted by Gasteiger charge is 1.91. The SMILES string of the molecule is CC/C=C/n1cc[n+](C)c1. The second kappa shape index (κ2) is 3.20. The highest BCUT2D eigenvalue weighted by atomic mass is 15.1. The Hall–Kier alpha value is -1.05. The molecule has 0 aliphatic rings. The van der Waals surface area contributed by atoms with Gasteiger partial charge in [-0.2, -0.15) is 0 Å². The number of aromatic nitrogens is 2. The fourth-order valence-electron chi connectivity index (χ4n) is 0.785. The number of nitrogens with zero attached hydrogens (tertiary/aromatic N) is 2. The first-order valence-electron chi connectivity index (χ1n) is 3.52. The number of allylic oxidation sites excluding steroid dienone is 1. The number of hydrogen-bond donors (Lipinski definition) is 0. The van der Waals surface area contributed by atoms with Gasteiger partial charge in [0.25, 0.3) is 0 Å². The third-order valence-corrected chi connectivity index (χ3v) is 1.30. The summed E-state index contributed by atoms with van der Waals surface area (Å²) in [7, 11) is 2.01. The van der Waals surface area contributed by atoms with Crippen molar-refractivity contribution in [1.82, 2.24) is 4.57 Å². The van der Waals surface area contributed by atoms with Crippen molar-refractivity contribution >= 4 is 6.20 Å². The van der Waals surface area contributed by atoms with E-state index in [2.05, 4.69) is 19.2 Å². The first kappa shape index (κ1) is 7.06. The van der Waals surface area contributed by atoms with Crippen molar-refractivity contribution < 1.29 is 4.57 Å². The van der Waals surface area contributed by atoms with E-state index in [1.807, 2.05) is 34.9 Å². The lowest BCUT2D eigenvalue weighted by atomic mass is 10.5. The zero-order valence-corrected chi connectivity index (χ0v) is 6.49. The van der Waals surface area contributed by atoms with Crippen molar-refractivity contribution in [2.24, 2.45) is 7.05 Å². The molecule has 1 aromatic heterocycles. The van der Waals surface area contributed by atoms with E-state index in [1.54, 1.807) is 0 Å². The third-order valence-electron chi connectivity index (χ3n) is 1.30. The molecular weight excluding hydrogens is 124 g/mol. The van der Waals surface area contributed by atoms with Crippen LogP contribution in [0.5, 0.6) is 0 Å². The average molecular weight is 137 g/mol. The molecule has 0 bridgehead atoms. The lowest BCUT2D eigenvalue weighted by Gasteiger charge is -1.79. The molecule has 0 atom stereocenters. The van der Waals surface area contributed by atoms with Crippen molar-refractivity contribution in [1.29, 1.82) is 0 Å². The Morgan fingerprint density at radius 3 is 2.90 bits per heavy atom. The number of aryl methyl sites for hydroxylation is 1. The van der Waals surface area contributed by atoms with Gasteiger partial charge in [-0.05, 0) is 12.5 Å². The maximum absolute atomic E-state index is 2.12. The topological polar surface area (TPSA) is 8.81 Å². The predicted octanol–water partition coefficient (Wildman–Crippen LogP) is 1.19. The quantitative estimate of drug-likeness (QED) is 0.541. The van der Waals surface area contributed by atoms with Crippen LogP contribution in [-0.2, 0) is 7.05 Å². The van der Waals surface area contributed by atoms with Gasteiger partial charge in [-0.25, -0.2) is 9.13 Å². The van der Waals surface area contributed by atoms with Gasteiger partial charge in [0.2, 0.25) is 6.33 Å². The largest absolute Gasteiger partial charge is 0.248 e. The molecule has 54 valence electrons. The van der Waals surface area contributed by atoms with E-state index in [-0.39, 0.29) is 0 Å². The average Bonchev–Trinajstić information content (AvgIpc) is 2.31.